The van der Waals surface area contributed by atoms with Crippen LogP contribution in [-0.4, -0.2) is 43.1 Å². The third-order valence-electron chi connectivity index (χ3n) is 6.02. The maximum Gasteiger partial charge on any atom is 0.303 e. The molecule has 0 spiro atoms. The molecule has 2 heterocycles. The molecule has 2 fully saturated rings. The highest BCUT2D eigenvalue weighted by molar-refractivity contribution is 5.66. The topological polar surface area (TPSA) is 65.0 Å². The second-order valence-electron chi connectivity index (χ2n) is 8.13. The fraction of sp³-hybridized carbons (Fsp3) is 0.625. The molecule has 2 saturated heterocycles. The van der Waals surface area contributed by atoms with Crippen LogP contribution in [0, 0.1) is 11.8 Å². The summed E-state index contributed by atoms with van der Waals surface area (Å²) >= 11 is 0. The van der Waals surface area contributed by atoms with E-state index in [1.165, 1.54) is 5.56 Å². The Morgan fingerprint density at radius 2 is 2.03 bits per heavy atom. The standard InChI is InChI=1S/C24H34O5/c1-2-3-13-27-17-21-20(22-11-12-23(21)29-22)16-18-8-7-9-19(15-18)28-14-6-4-5-10-24(25)26/h2-3,7-9,15,20-23H,4-6,10-14,16-17H2,1H3,(H,25,26)/t20-,21+,22-,23+/m1/s1. The van der Waals surface area contributed by atoms with E-state index in [2.05, 4.69) is 18.2 Å². The number of carboxylic acids is 1. The molecule has 1 aromatic rings. The number of allylic oxidation sites excluding steroid dienone is 1. The molecule has 2 bridgehead atoms. The van der Waals surface area contributed by atoms with Crippen molar-refractivity contribution in [2.45, 2.75) is 64.1 Å². The van der Waals surface area contributed by atoms with Gasteiger partial charge in [-0.25, -0.2) is 0 Å². The fourth-order valence-corrected chi connectivity index (χ4v) is 4.53. The normalized spacial score (nSPS) is 25.7. The first-order valence-electron chi connectivity index (χ1n) is 10.9. The summed E-state index contributed by atoms with van der Waals surface area (Å²) in [6, 6.07) is 8.36. The third kappa shape index (κ3) is 6.58. The van der Waals surface area contributed by atoms with Crippen molar-refractivity contribution < 1.29 is 24.1 Å². The van der Waals surface area contributed by atoms with Gasteiger partial charge in [0.25, 0.3) is 0 Å². The first kappa shape index (κ1) is 21.8. The predicted octanol–water partition coefficient (Wildman–Crippen LogP) is 4.64. The number of carboxylic acid groups (broad SMARTS) is 1. The molecule has 1 aromatic carbocycles. The number of benzene rings is 1. The second kappa shape index (κ2) is 11.4. The largest absolute Gasteiger partial charge is 0.494 e. The van der Waals surface area contributed by atoms with E-state index in [4.69, 9.17) is 19.3 Å². The molecular formula is C24H34O5. The maximum atomic E-state index is 10.5. The van der Waals surface area contributed by atoms with Crippen molar-refractivity contribution in [2.75, 3.05) is 19.8 Å². The molecule has 5 heteroatoms. The lowest BCUT2D eigenvalue weighted by atomic mass is 9.76. The molecule has 29 heavy (non-hydrogen) atoms. The van der Waals surface area contributed by atoms with Gasteiger partial charge < -0.3 is 19.3 Å². The average Bonchev–Trinajstić information content (AvgIpc) is 3.30. The number of unbranched alkanes of at least 4 members (excludes halogenated alkanes) is 2. The minimum atomic E-state index is -0.728. The molecule has 0 unspecified atom stereocenters. The minimum absolute atomic E-state index is 0.237. The van der Waals surface area contributed by atoms with E-state index >= 15 is 0 Å². The van der Waals surface area contributed by atoms with E-state index in [1.54, 1.807) is 0 Å². The van der Waals surface area contributed by atoms with E-state index < -0.39 is 5.97 Å². The molecule has 160 valence electrons. The average molecular weight is 403 g/mol. The summed E-state index contributed by atoms with van der Waals surface area (Å²) in [5.74, 6) is 1.14. The summed E-state index contributed by atoms with van der Waals surface area (Å²) in [7, 11) is 0. The van der Waals surface area contributed by atoms with E-state index in [0.29, 0.717) is 43.7 Å². The first-order valence-corrected chi connectivity index (χ1v) is 10.9. The molecule has 0 amide bonds. The highest BCUT2D eigenvalue weighted by Crippen LogP contribution is 2.45. The van der Waals surface area contributed by atoms with Crippen LogP contribution in [0.15, 0.2) is 36.4 Å². The Bertz CT molecular complexity index is 671. The van der Waals surface area contributed by atoms with Gasteiger partial charge in [0.05, 0.1) is 32.0 Å². The number of hydrogen-bond donors (Lipinski definition) is 1. The quantitative estimate of drug-likeness (QED) is 0.385. The number of hydrogen-bond acceptors (Lipinski definition) is 4. The zero-order valence-corrected chi connectivity index (χ0v) is 17.4. The summed E-state index contributed by atoms with van der Waals surface area (Å²) < 4.78 is 18.0. The Balaban J connectivity index is 1.47. The van der Waals surface area contributed by atoms with Gasteiger partial charge in [0, 0.05) is 12.3 Å². The van der Waals surface area contributed by atoms with Gasteiger partial charge in [-0.05, 0) is 69.1 Å². The number of rotatable bonds is 13. The SMILES string of the molecule is CC=CCOC[C@H]1[C@@H](Cc2cccc(OCCCCCC(=O)O)c2)[C@H]2CC[C@@H]1O2. The summed E-state index contributed by atoms with van der Waals surface area (Å²) in [5, 5.41) is 8.67. The first-order chi connectivity index (χ1) is 14.2. The van der Waals surface area contributed by atoms with E-state index in [0.717, 1.165) is 44.5 Å². The van der Waals surface area contributed by atoms with Crippen LogP contribution in [0.25, 0.3) is 0 Å². The molecule has 4 atom stereocenters. The van der Waals surface area contributed by atoms with Gasteiger partial charge in [-0.2, -0.15) is 0 Å². The summed E-state index contributed by atoms with van der Waals surface area (Å²) in [6.07, 6.45) is 10.8. The monoisotopic (exact) mass is 402 g/mol. The fourth-order valence-electron chi connectivity index (χ4n) is 4.53. The Kier molecular flexibility index (Phi) is 8.56. The van der Waals surface area contributed by atoms with Crippen molar-refractivity contribution in [1.29, 1.82) is 0 Å². The molecule has 0 aliphatic carbocycles. The van der Waals surface area contributed by atoms with Gasteiger partial charge in [0.1, 0.15) is 5.75 Å². The lowest BCUT2D eigenvalue weighted by Crippen LogP contribution is -2.32. The van der Waals surface area contributed by atoms with Crippen LogP contribution in [0.5, 0.6) is 5.75 Å². The lowest BCUT2D eigenvalue weighted by Gasteiger charge is -2.28. The molecule has 2 aliphatic rings. The van der Waals surface area contributed by atoms with Crippen molar-refractivity contribution in [3.8, 4) is 5.75 Å². The van der Waals surface area contributed by atoms with E-state index in [1.807, 2.05) is 25.1 Å². The number of ether oxygens (including phenoxy) is 3. The Morgan fingerprint density at radius 3 is 2.83 bits per heavy atom. The van der Waals surface area contributed by atoms with Crippen LogP contribution in [0.2, 0.25) is 0 Å². The van der Waals surface area contributed by atoms with Gasteiger partial charge in [-0.3, -0.25) is 4.79 Å². The van der Waals surface area contributed by atoms with Crippen LogP contribution in [0.4, 0.5) is 0 Å². The molecule has 2 aliphatic heterocycles. The molecule has 1 N–H and O–H groups in total. The van der Waals surface area contributed by atoms with Crippen molar-refractivity contribution in [2.24, 2.45) is 11.8 Å². The van der Waals surface area contributed by atoms with Gasteiger partial charge in [-0.1, -0.05) is 24.3 Å². The Hall–Kier alpha value is -1.85. The summed E-state index contributed by atoms with van der Waals surface area (Å²) in [6.45, 7) is 4.08. The van der Waals surface area contributed by atoms with Crippen LogP contribution in [-0.2, 0) is 20.7 Å². The maximum absolute atomic E-state index is 10.5. The van der Waals surface area contributed by atoms with Crippen LogP contribution >= 0.6 is 0 Å². The minimum Gasteiger partial charge on any atom is -0.494 e. The number of fused-ring (bicyclic) bond motifs is 2. The van der Waals surface area contributed by atoms with Gasteiger partial charge >= 0.3 is 5.97 Å². The smallest absolute Gasteiger partial charge is 0.303 e. The van der Waals surface area contributed by atoms with Crippen LogP contribution in [0.1, 0.15) is 51.0 Å². The van der Waals surface area contributed by atoms with Crippen LogP contribution in [0.3, 0.4) is 0 Å². The highest BCUT2D eigenvalue weighted by atomic mass is 16.5. The summed E-state index contributed by atoms with van der Waals surface area (Å²) in [5.41, 5.74) is 1.29. The van der Waals surface area contributed by atoms with Gasteiger partial charge in [0.15, 0.2) is 0 Å². The van der Waals surface area contributed by atoms with Crippen molar-refractivity contribution in [3.63, 3.8) is 0 Å². The zero-order valence-electron chi connectivity index (χ0n) is 17.4. The van der Waals surface area contributed by atoms with E-state index in [9.17, 15) is 4.79 Å². The number of aliphatic carboxylic acids is 1. The Labute approximate surface area is 174 Å². The lowest BCUT2D eigenvalue weighted by molar-refractivity contribution is -0.137. The van der Waals surface area contributed by atoms with Crippen molar-refractivity contribution in [1.82, 2.24) is 0 Å². The molecule has 5 nitrogen and oxygen atoms in total. The summed E-state index contributed by atoms with van der Waals surface area (Å²) in [4.78, 5) is 10.5. The van der Waals surface area contributed by atoms with Gasteiger partial charge in [-0.15, -0.1) is 0 Å². The van der Waals surface area contributed by atoms with Crippen molar-refractivity contribution in [3.05, 3.63) is 42.0 Å². The van der Waals surface area contributed by atoms with E-state index in [-0.39, 0.29) is 6.42 Å². The number of carbonyl (C=O) groups is 1. The van der Waals surface area contributed by atoms with Gasteiger partial charge in [0.2, 0.25) is 0 Å². The molecule has 0 saturated carbocycles. The Morgan fingerprint density at radius 1 is 1.21 bits per heavy atom. The van der Waals surface area contributed by atoms with Crippen molar-refractivity contribution >= 4 is 5.97 Å². The molecule has 3 rings (SSSR count). The highest BCUT2D eigenvalue weighted by Gasteiger charge is 2.48. The third-order valence-corrected chi connectivity index (χ3v) is 6.02. The predicted molar refractivity (Wildman–Crippen MR) is 112 cm³/mol. The molecule has 0 radical (unpaired) electrons. The zero-order chi connectivity index (χ0) is 20.5. The molecular weight excluding hydrogens is 368 g/mol. The molecule has 0 aromatic heterocycles. The van der Waals surface area contributed by atoms with Crippen LogP contribution < -0.4 is 4.74 Å². The second-order valence-corrected chi connectivity index (χ2v) is 8.13.